The minimum absolute atomic E-state index is 0.195. The smallest absolute Gasteiger partial charge is 0.236 e. The third-order valence-electron chi connectivity index (χ3n) is 6.48. The van der Waals surface area contributed by atoms with Gasteiger partial charge in [-0.15, -0.1) is 0 Å². The Bertz CT molecular complexity index is 1280. The molecule has 2 aliphatic heterocycles. The summed E-state index contributed by atoms with van der Waals surface area (Å²) in [5, 5.41) is 7.56. The minimum Gasteiger partial charge on any atom is -0.490 e. The van der Waals surface area contributed by atoms with Gasteiger partial charge in [-0.05, 0) is 75.5 Å². The van der Waals surface area contributed by atoms with Crippen LogP contribution in [0, 0.1) is 12.8 Å². The van der Waals surface area contributed by atoms with E-state index in [0.29, 0.717) is 33.9 Å². The second-order valence-corrected chi connectivity index (χ2v) is 9.66. The highest BCUT2D eigenvalue weighted by Crippen LogP contribution is 2.52. The standard InChI is InChI=1S/C27H26ClN3O3S/c1-4-33-21-7-5-6-20-23-22(25(32)29-18-12-10-17(28)11-13-18)27(3,34-24(20)21)31(26(35)30-23)19-14-8-16(2)9-15-19/h5-15,22-23H,4H2,1-3H3,(H,29,32)(H,30,35)/t22-,23-,27+/m1/s1. The van der Waals surface area contributed by atoms with Gasteiger partial charge in [-0.1, -0.05) is 41.4 Å². The van der Waals surface area contributed by atoms with Gasteiger partial charge in [0.25, 0.3) is 0 Å². The highest BCUT2D eigenvalue weighted by Gasteiger charge is 2.59. The van der Waals surface area contributed by atoms with E-state index >= 15 is 0 Å². The molecule has 3 aromatic carbocycles. The molecule has 0 unspecified atom stereocenters. The van der Waals surface area contributed by atoms with Crippen LogP contribution in [0.3, 0.4) is 0 Å². The van der Waals surface area contributed by atoms with Crippen LogP contribution in [0.25, 0.3) is 0 Å². The number of hydrogen-bond donors (Lipinski definition) is 2. The first kappa shape index (κ1) is 23.5. The number of rotatable bonds is 5. The van der Waals surface area contributed by atoms with E-state index in [-0.39, 0.29) is 5.91 Å². The van der Waals surface area contributed by atoms with E-state index in [1.807, 2.05) is 68.1 Å². The number of anilines is 2. The molecule has 3 atom stereocenters. The van der Waals surface area contributed by atoms with Crippen LogP contribution in [0.15, 0.2) is 66.7 Å². The number of hydrogen-bond acceptors (Lipinski definition) is 4. The van der Waals surface area contributed by atoms with E-state index < -0.39 is 17.7 Å². The summed E-state index contributed by atoms with van der Waals surface area (Å²) in [5.74, 6) is 0.413. The predicted molar refractivity (Wildman–Crippen MR) is 142 cm³/mol. The lowest BCUT2D eigenvalue weighted by Gasteiger charge is -2.56. The lowest BCUT2D eigenvalue weighted by atomic mass is 9.78. The molecule has 2 N–H and O–H groups in total. The minimum atomic E-state index is -1.13. The highest BCUT2D eigenvalue weighted by atomic mass is 35.5. The van der Waals surface area contributed by atoms with Gasteiger partial charge in [0.05, 0.1) is 12.6 Å². The van der Waals surface area contributed by atoms with Crippen LogP contribution >= 0.6 is 23.8 Å². The largest absolute Gasteiger partial charge is 0.490 e. The fourth-order valence-corrected chi connectivity index (χ4v) is 5.41. The summed E-state index contributed by atoms with van der Waals surface area (Å²) in [6, 6.07) is 20.3. The number of carbonyl (C=O) groups excluding carboxylic acids is 1. The normalized spacial score (nSPS) is 22.5. The summed E-state index contributed by atoms with van der Waals surface area (Å²) in [5.41, 5.74) is 2.31. The predicted octanol–water partition coefficient (Wildman–Crippen LogP) is 5.85. The van der Waals surface area contributed by atoms with E-state index in [4.69, 9.17) is 33.3 Å². The van der Waals surface area contributed by atoms with Gasteiger partial charge < -0.3 is 20.1 Å². The Hall–Kier alpha value is -3.29. The van der Waals surface area contributed by atoms with E-state index in [1.165, 1.54) is 0 Å². The number of nitrogens with zero attached hydrogens (tertiary/aromatic N) is 1. The Labute approximate surface area is 215 Å². The fraction of sp³-hybridized carbons (Fsp3) is 0.259. The highest BCUT2D eigenvalue weighted by molar-refractivity contribution is 7.80. The Morgan fingerprint density at radius 3 is 2.57 bits per heavy atom. The summed E-state index contributed by atoms with van der Waals surface area (Å²) in [6.45, 7) is 6.36. The van der Waals surface area contributed by atoms with Gasteiger partial charge in [-0.3, -0.25) is 9.69 Å². The molecule has 2 heterocycles. The molecule has 0 spiro atoms. The number of ether oxygens (including phenoxy) is 2. The molecule has 8 heteroatoms. The first-order valence-electron chi connectivity index (χ1n) is 11.5. The van der Waals surface area contributed by atoms with Crippen LogP contribution in [0.1, 0.15) is 31.0 Å². The number of aryl methyl sites for hydroxylation is 1. The summed E-state index contributed by atoms with van der Waals surface area (Å²) in [4.78, 5) is 15.7. The molecule has 2 bridgehead atoms. The van der Waals surface area contributed by atoms with Gasteiger partial charge in [0.15, 0.2) is 22.3 Å². The van der Waals surface area contributed by atoms with E-state index in [1.54, 1.807) is 24.3 Å². The second-order valence-electron chi connectivity index (χ2n) is 8.84. The maximum Gasteiger partial charge on any atom is 0.236 e. The molecule has 0 aliphatic carbocycles. The number of amides is 1. The molecule has 35 heavy (non-hydrogen) atoms. The Morgan fingerprint density at radius 1 is 1.17 bits per heavy atom. The zero-order valence-corrected chi connectivity index (χ0v) is 21.2. The zero-order chi connectivity index (χ0) is 24.7. The van der Waals surface area contributed by atoms with Crippen LogP contribution in [0.2, 0.25) is 5.02 Å². The van der Waals surface area contributed by atoms with Gasteiger partial charge in [0.1, 0.15) is 5.92 Å². The maximum absolute atomic E-state index is 13.9. The molecular formula is C27H26ClN3O3S. The number of carbonyl (C=O) groups is 1. The van der Waals surface area contributed by atoms with Crippen LogP contribution < -0.4 is 25.0 Å². The third kappa shape index (κ3) is 4.09. The Morgan fingerprint density at radius 2 is 1.89 bits per heavy atom. The third-order valence-corrected chi connectivity index (χ3v) is 7.03. The van der Waals surface area contributed by atoms with Gasteiger partial charge in [0, 0.05) is 22.0 Å². The number of halogens is 1. The van der Waals surface area contributed by atoms with Crippen LogP contribution in [0.4, 0.5) is 11.4 Å². The Kier molecular flexibility index (Phi) is 6.07. The molecule has 5 rings (SSSR count). The lowest BCUT2D eigenvalue weighted by molar-refractivity contribution is -0.130. The van der Waals surface area contributed by atoms with Crippen molar-refractivity contribution in [3.05, 3.63) is 82.9 Å². The van der Waals surface area contributed by atoms with E-state index in [2.05, 4.69) is 10.6 Å². The van der Waals surface area contributed by atoms with E-state index in [9.17, 15) is 4.79 Å². The zero-order valence-electron chi connectivity index (χ0n) is 19.7. The van der Waals surface area contributed by atoms with Crippen molar-refractivity contribution in [1.82, 2.24) is 5.32 Å². The van der Waals surface area contributed by atoms with Gasteiger partial charge in [-0.2, -0.15) is 0 Å². The van der Waals surface area contributed by atoms with Crippen LogP contribution in [-0.4, -0.2) is 23.4 Å². The summed E-state index contributed by atoms with van der Waals surface area (Å²) < 4.78 is 12.6. The molecule has 0 saturated carbocycles. The molecule has 6 nitrogen and oxygen atoms in total. The molecule has 0 aromatic heterocycles. The monoisotopic (exact) mass is 507 g/mol. The summed E-state index contributed by atoms with van der Waals surface area (Å²) in [7, 11) is 0. The van der Waals surface area contributed by atoms with Crippen molar-refractivity contribution in [3.63, 3.8) is 0 Å². The van der Waals surface area contributed by atoms with Gasteiger partial charge in [0.2, 0.25) is 5.91 Å². The number of para-hydroxylation sites is 1. The molecule has 1 saturated heterocycles. The average Bonchev–Trinajstić information content (AvgIpc) is 2.82. The quantitative estimate of drug-likeness (QED) is 0.423. The average molecular weight is 508 g/mol. The topological polar surface area (TPSA) is 62.8 Å². The SMILES string of the molecule is CCOc1cccc2c1O[C@@]1(C)[C@@H](C(=O)Nc3ccc(Cl)cc3)[C@@H]2NC(=S)N1c1ccc(C)cc1. The fourth-order valence-electron chi connectivity index (χ4n) is 4.88. The molecule has 1 fully saturated rings. The van der Waals surface area contributed by atoms with Crippen LogP contribution in [-0.2, 0) is 4.79 Å². The van der Waals surface area contributed by atoms with E-state index in [0.717, 1.165) is 16.8 Å². The maximum atomic E-state index is 13.9. The molecule has 0 radical (unpaired) electrons. The molecule has 1 amide bonds. The van der Waals surface area contributed by atoms with Crippen molar-refractivity contribution < 1.29 is 14.3 Å². The number of fused-ring (bicyclic) bond motifs is 4. The van der Waals surface area contributed by atoms with Crippen molar-refractivity contribution in [2.75, 3.05) is 16.8 Å². The molecule has 2 aliphatic rings. The first-order valence-corrected chi connectivity index (χ1v) is 12.3. The summed E-state index contributed by atoms with van der Waals surface area (Å²) >= 11 is 11.9. The lowest BCUT2D eigenvalue weighted by Crippen LogP contribution is -2.72. The van der Waals surface area contributed by atoms with Crippen molar-refractivity contribution in [2.45, 2.75) is 32.5 Å². The van der Waals surface area contributed by atoms with Crippen molar-refractivity contribution in [1.29, 1.82) is 0 Å². The summed E-state index contributed by atoms with van der Waals surface area (Å²) in [6.07, 6.45) is 0. The van der Waals surface area contributed by atoms with Gasteiger partial charge in [-0.25, -0.2) is 0 Å². The second kappa shape index (κ2) is 9.06. The number of benzene rings is 3. The van der Waals surface area contributed by atoms with Gasteiger partial charge >= 0.3 is 0 Å². The molecular weight excluding hydrogens is 482 g/mol. The molecule has 3 aromatic rings. The first-order chi connectivity index (χ1) is 16.8. The number of thiocarbonyl (C=S) groups is 1. The van der Waals surface area contributed by atoms with Crippen LogP contribution in [0.5, 0.6) is 11.5 Å². The Balaban J connectivity index is 1.63. The van der Waals surface area contributed by atoms with Crippen molar-refractivity contribution in [2.24, 2.45) is 5.92 Å². The van der Waals surface area contributed by atoms with Crippen molar-refractivity contribution >= 4 is 46.2 Å². The van der Waals surface area contributed by atoms with Crippen molar-refractivity contribution in [3.8, 4) is 11.5 Å². The molecule has 180 valence electrons. The number of nitrogens with one attached hydrogen (secondary N) is 2.